The number of aliphatic imine (C=N–C) groups is 1. The molecule has 4 unspecified atom stereocenters. The summed E-state index contributed by atoms with van der Waals surface area (Å²) < 4.78 is 6.25. The Kier molecular flexibility index (Phi) is 8.40. The van der Waals surface area contributed by atoms with Crippen LogP contribution < -0.4 is 10.6 Å². The van der Waals surface area contributed by atoms with E-state index >= 15 is 0 Å². The lowest BCUT2D eigenvalue weighted by atomic mass is 9.84. The molecule has 4 rings (SSSR count). The molecule has 31 heavy (non-hydrogen) atoms. The normalized spacial score (nSPS) is 31.0. The topological polar surface area (TPSA) is 83.0 Å². The first-order valence-corrected chi connectivity index (χ1v) is 11.7. The van der Waals surface area contributed by atoms with Crippen LogP contribution in [0.15, 0.2) is 17.1 Å². The van der Waals surface area contributed by atoms with Crippen molar-refractivity contribution in [2.75, 3.05) is 33.3 Å². The third-order valence-electron chi connectivity index (χ3n) is 7.37. The third kappa shape index (κ3) is 4.94. The van der Waals surface area contributed by atoms with Crippen molar-refractivity contribution in [3.05, 3.63) is 12.2 Å². The number of likely N-dealkylation sites (tertiary alicyclic amines) is 1. The number of fused-ring (bicyclic) bond motifs is 5. The SMILES string of the molecule is CCCOC1(CNC(=NC)NCCN2C(=O)C3C4C=CC(C4)C3C2=O)CCCCC1.I. The molecule has 2 amide bonds. The Balaban J connectivity index is 0.00000272. The number of hydrogen-bond acceptors (Lipinski definition) is 4. The van der Waals surface area contributed by atoms with Gasteiger partial charge in [-0.3, -0.25) is 19.5 Å². The lowest BCUT2D eigenvalue weighted by Crippen LogP contribution is -2.50. The Morgan fingerprint density at radius 1 is 1.13 bits per heavy atom. The van der Waals surface area contributed by atoms with E-state index in [-0.39, 0.29) is 65.1 Å². The summed E-state index contributed by atoms with van der Waals surface area (Å²) in [5.41, 5.74) is -0.115. The maximum absolute atomic E-state index is 12.8. The number of halogens is 1. The molecule has 0 aromatic heterocycles. The van der Waals surface area contributed by atoms with Gasteiger partial charge in [-0.15, -0.1) is 24.0 Å². The minimum atomic E-state index is -0.119. The second-order valence-corrected chi connectivity index (χ2v) is 9.27. The molecule has 2 saturated carbocycles. The third-order valence-corrected chi connectivity index (χ3v) is 7.37. The summed E-state index contributed by atoms with van der Waals surface area (Å²) >= 11 is 0. The Morgan fingerprint density at radius 3 is 2.35 bits per heavy atom. The van der Waals surface area contributed by atoms with Gasteiger partial charge in [-0.2, -0.15) is 0 Å². The molecule has 3 fully saturated rings. The van der Waals surface area contributed by atoms with Gasteiger partial charge in [0.05, 0.1) is 17.4 Å². The van der Waals surface area contributed by atoms with Gasteiger partial charge in [0.25, 0.3) is 0 Å². The summed E-state index contributed by atoms with van der Waals surface area (Å²) in [5.74, 6) is 1.01. The van der Waals surface area contributed by atoms with Crippen LogP contribution in [0.2, 0.25) is 0 Å². The zero-order valence-corrected chi connectivity index (χ0v) is 21.1. The lowest BCUT2D eigenvalue weighted by molar-refractivity contribution is -0.140. The zero-order valence-electron chi connectivity index (χ0n) is 18.8. The molecule has 8 heteroatoms. The summed E-state index contributed by atoms with van der Waals surface area (Å²) in [4.78, 5) is 31.4. The molecule has 174 valence electrons. The van der Waals surface area contributed by atoms with Crippen LogP contribution in [0, 0.1) is 23.7 Å². The van der Waals surface area contributed by atoms with Crippen molar-refractivity contribution in [3.63, 3.8) is 0 Å². The molecular formula is C23H37IN4O3. The second kappa shape index (κ2) is 10.6. The van der Waals surface area contributed by atoms with E-state index in [4.69, 9.17) is 4.74 Å². The fourth-order valence-electron chi connectivity index (χ4n) is 5.82. The molecule has 7 nitrogen and oxygen atoms in total. The van der Waals surface area contributed by atoms with E-state index in [1.807, 2.05) is 0 Å². The van der Waals surface area contributed by atoms with E-state index in [0.717, 1.165) is 38.8 Å². The molecule has 0 aromatic carbocycles. The Bertz CT molecular complexity index is 690. The summed E-state index contributed by atoms with van der Waals surface area (Å²) in [6.45, 7) is 4.55. The molecule has 1 saturated heterocycles. The molecule has 0 spiro atoms. The second-order valence-electron chi connectivity index (χ2n) is 9.27. The minimum absolute atomic E-state index is 0. The number of ether oxygens (including phenoxy) is 1. The fourth-order valence-corrected chi connectivity index (χ4v) is 5.82. The van der Waals surface area contributed by atoms with Crippen LogP contribution in [0.25, 0.3) is 0 Å². The van der Waals surface area contributed by atoms with Gasteiger partial charge >= 0.3 is 0 Å². The van der Waals surface area contributed by atoms with Crippen LogP contribution in [0.4, 0.5) is 0 Å². The highest BCUT2D eigenvalue weighted by atomic mass is 127. The van der Waals surface area contributed by atoms with E-state index in [1.165, 1.54) is 24.2 Å². The first kappa shape index (κ1) is 24.5. The zero-order chi connectivity index (χ0) is 21.1. The predicted molar refractivity (Wildman–Crippen MR) is 131 cm³/mol. The molecule has 4 aliphatic rings. The smallest absolute Gasteiger partial charge is 0.233 e. The fraction of sp³-hybridized carbons (Fsp3) is 0.783. The molecule has 0 aromatic rings. The first-order chi connectivity index (χ1) is 14.6. The number of nitrogens with zero attached hydrogens (tertiary/aromatic N) is 2. The Morgan fingerprint density at radius 2 is 1.77 bits per heavy atom. The van der Waals surface area contributed by atoms with Gasteiger partial charge in [0.2, 0.25) is 11.8 Å². The number of hydrogen-bond donors (Lipinski definition) is 2. The van der Waals surface area contributed by atoms with Gasteiger partial charge in [-0.05, 0) is 37.5 Å². The van der Waals surface area contributed by atoms with Crippen molar-refractivity contribution in [1.29, 1.82) is 0 Å². The minimum Gasteiger partial charge on any atom is -0.373 e. The average Bonchev–Trinajstić information content (AvgIpc) is 3.45. The first-order valence-electron chi connectivity index (χ1n) is 11.7. The predicted octanol–water partition coefficient (Wildman–Crippen LogP) is 2.71. The lowest BCUT2D eigenvalue weighted by Gasteiger charge is -2.37. The Hall–Kier alpha value is -1.16. The monoisotopic (exact) mass is 544 g/mol. The molecule has 0 radical (unpaired) electrons. The summed E-state index contributed by atoms with van der Waals surface area (Å²) in [7, 11) is 1.75. The van der Waals surface area contributed by atoms with E-state index in [9.17, 15) is 9.59 Å². The number of nitrogens with one attached hydrogen (secondary N) is 2. The maximum Gasteiger partial charge on any atom is 0.233 e. The van der Waals surface area contributed by atoms with E-state index in [2.05, 4.69) is 34.7 Å². The van der Waals surface area contributed by atoms with Crippen LogP contribution in [0.5, 0.6) is 0 Å². The standard InChI is InChI=1S/C23H36N4O3.HI/c1-3-13-30-23(9-5-4-6-10-23)15-26-22(24-2)25-11-12-27-20(28)18-16-7-8-17(14-16)19(18)21(27)29;/h7-8,16-19H,3-6,9-15H2,1-2H3,(H2,24,25,26);1H. The maximum atomic E-state index is 12.8. The van der Waals surface area contributed by atoms with Gasteiger partial charge in [0.15, 0.2) is 5.96 Å². The van der Waals surface area contributed by atoms with E-state index in [0.29, 0.717) is 19.0 Å². The van der Waals surface area contributed by atoms with Crippen molar-refractivity contribution in [2.45, 2.75) is 57.5 Å². The summed E-state index contributed by atoms with van der Waals surface area (Å²) in [6.07, 6.45) is 12.1. The number of amides is 2. The largest absolute Gasteiger partial charge is 0.373 e. The highest BCUT2D eigenvalue weighted by molar-refractivity contribution is 14.0. The number of rotatable bonds is 8. The van der Waals surface area contributed by atoms with Crippen LogP contribution in [0.3, 0.4) is 0 Å². The number of guanidine groups is 1. The average molecular weight is 544 g/mol. The quantitative estimate of drug-likeness (QED) is 0.162. The van der Waals surface area contributed by atoms with Crippen molar-refractivity contribution in [3.8, 4) is 0 Å². The van der Waals surface area contributed by atoms with Crippen molar-refractivity contribution < 1.29 is 14.3 Å². The van der Waals surface area contributed by atoms with Gasteiger partial charge in [-0.25, -0.2) is 0 Å². The highest BCUT2D eigenvalue weighted by Crippen LogP contribution is 2.52. The molecule has 1 heterocycles. The van der Waals surface area contributed by atoms with Crippen molar-refractivity contribution in [1.82, 2.24) is 15.5 Å². The van der Waals surface area contributed by atoms with Crippen molar-refractivity contribution >= 4 is 41.8 Å². The number of imide groups is 1. The van der Waals surface area contributed by atoms with Gasteiger partial charge in [-0.1, -0.05) is 38.3 Å². The van der Waals surface area contributed by atoms with Crippen LogP contribution in [-0.2, 0) is 14.3 Å². The number of allylic oxidation sites excluding steroid dienone is 2. The van der Waals surface area contributed by atoms with Gasteiger partial charge < -0.3 is 15.4 Å². The highest BCUT2D eigenvalue weighted by Gasteiger charge is 2.58. The van der Waals surface area contributed by atoms with Gasteiger partial charge in [0.1, 0.15) is 0 Å². The molecular weight excluding hydrogens is 507 g/mol. The summed E-state index contributed by atoms with van der Waals surface area (Å²) in [6, 6.07) is 0. The molecule has 4 atom stereocenters. The molecule has 2 N–H and O–H groups in total. The van der Waals surface area contributed by atoms with E-state index < -0.39 is 0 Å². The molecule has 1 aliphatic heterocycles. The van der Waals surface area contributed by atoms with Gasteiger partial charge in [0, 0.05) is 33.3 Å². The van der Waals surface area contributed by atoms with Crippen LogP contribution in [-0.4, -0.2) is 61.6 Å². The molecule has 2 bridgehead atoms. The summed E-state index contributed by atoms with van der Waals surface area (Å²) in [5, 5.41) is 6.69. The van der Waals surface area contributed by atoms with E-state index in [1.54, 1.807) is 7.05 Å². The van der Waals surface area contributed by atoms with Crippen LogP contribution in [0.1, 0.15) is 51.9 Å². The Labute approximate surface area is 202 Å². The molecule has 3 aliphatic carbocycles. The van der Waals surface area contributed by atoms with Crippen LogP contribution >= 0.6 is 24.0 Å². The van der Waals surface area contributed by atoms with Crippen molar-refractivity contribution in [2.24, 2.45) is 28.7 Å². The number of carbonyl (C=O) groups is 2. The number of carbonyl (C=O) groups excluding carboxylic acids is 2.